The topological polar surface area (TPSA) is 116 Å². The first-order valence-corrected chi connectivity index (χ1v) is 9.52. The minimum Gasteiger partial charge on any atom is -0.482 e. The summed E-state index contributed by atoms with van der Waals surface area (Å²) in [5, 5.41) is 9.58. The van der Waals surface area contributed by atoms with Crippen LogP contribution >= 0.6 is 0 Å². The van der Waals surface area contributed by atoms with E-state index in [9.17, 15) is 9.65 Å². The molecule has 0 fully saturated rings. The van der Waals surface area contributed by atoms with Gasteiger partial charge in [-0.2, -0.15) is 5.26 Å². The van der Waals surface area contributed by atoms with Gasteiger partial charge in [0.2, 0.25) is 0 Å². The fraction of sp³-hybridized carbons (Fsp3) is 0.136. The molecule has 0 radical (unpaired) electrons. The number of anilines is 1. The lowest BCUT2D eigenvalue weighted by Crippen LogP contribution is -2.12. The van der Waals surface area contributed by atoms with E-state index in [0.717, 1.165) is 0 Å². The maximum absolute atomic E-state index is 14.2. The molecule has 8 nitrogen and oxygen atoms in total. The van der Waals surface area contributed by atoms with E-state index >= 15 is 0 Å². The molecule has 1 aliphatic heterocycles. The molecule has 2 bridgehead atoms. The Morgan fingerprint density at radius 2 is 2.03 bits per heavy atom. The number of halogens is 1. The van der Waals surface area contributed by atoms with Crippen LogP contribution in [0.1, 0.15) is 30.0 Å². The number of nitrogens with two attached hydrogens (primary N) is 1. The number of ether oxygens (including phenoxy) is 1. The number of rotatable bonds is 0. The third-order valence-corrected chi connectivity index (χ3v) is 5.20. The Balaban J connectivity index is 1.83. The summed E-state index contributed by atoms with van der Waals surface area (Å²) < 4.78 is 22.1. The van der Waals surface area contributed by atoms with E-state index in [4.69, 9.17) is 10.5 Å². The van der Waals surface area contributed by atoms with Gasteiger partial charge in [-0.3, -0.25) is 9.97 Å². The third kappa shape index (κ3) is 3.14. The Hall–Kier alpha value is -4.32. The van der Waals surface area contributed by atoms with E-state index < -0.39 is 6.10 Å². The van der Waals surface area contributed by atoms with Crippen LogP contribution in [-0.4, -0.2) is 24.5 Å². The van der Waals surface area contributed by atoms with Gasteiger partial charge in [0.05, 0.1) is 30.0 Å². The van der Waals surface area contributed by atoms with Crippen molar-refractivity contribution in [2.45, 2.75) is 19.6 Å². The number of pyridine rings is 1. The van der Waals surface area contributed by atoms with E-state index in [2.05, 4.69) is 26.0 Å². The molecule has 0 spiro atoms. The monoisotopic (exact) mass is 413 g/mol. The van der Waals surface area contributed by atoms with Crippen LogP contribution in [0.25, 0.3) is 22.5 Å². The minimum atomic E-state index is -0.556. The fourth-order valence-corrected chi connectivity index (χ4v) is 3.77. The molecule has 1 atom stereocenters. The number of hydrogen-bond acceptors (Lipinski definition) is 7. The van der Waals surface area contributed by atoms with Crippen molar-refractivity contribution in [2.75, 3.05) is 5.73 Å². The van der Waals surface area contributed by atoms with Crippen LogP contribution in [0.4, 0.5) is 10.2 Å². The molecule has 0 saturated carbocycles. The summed E-state index contributed by atoms with van der Waals surface area (Å²) in [6.45, 7) is 2.11. The molecule has 4 heterocycles. The quantitative estimate of drug-likeness (QED) is 0.469. The standard InChI is InChI=1S/C22H16FN7O/c1-12-16-7-14(23)2-3-15(16)20-18(26-4-5-27-20)10-30-11-29-17(8-24)21(30)13-6-19(31-12)22(25)28-9-13/h2-7,9,11-12H,10H2,1H3,(H2,25,28)/t12-/m0/s1. The second-order valence-electron chi connectivity index (χ2n) is 7.13. The van der Waals surface area contributed by atoms with Crippen molar-refractivity contribution in [3.8, 4) is 34.3 Å². The van der Waals surface area contributed by atoms with Crippen molar-refractivity contribution < 1.29 is 9.13 Å². The summed E-state index contributed by atoms with van der Waals surface area (Å²) in [7, 11) is 0. The number of nitrogens with zero attached hydrogens (tertiary/aromatic N) is 6. The number of hydrogen-bond donors (Lipinski definition) is 1. The Morgan fingerprint density at radius 3 is 2.87 bits per heavy atom. The molecule has 0 saturated heterocycles. The minimum absolute atomic E-state index is 0.190. The summed E-state index contributed by atoms with van der Waals surface area (Å²) >= 11 is 0. The first-order chi connectivity index (χ1) is 15.0. The molecular weight excluding hydrogens is 397 g/mol. The van der Waals surface area contributed by atoms with Gasteiger partial charge in [0.15, 0.2) is 17.3 Å². The lowest BCUT2D eigenvalue weighted by molar-refractivity contribution is 0.227. The Labute approximate surface area is 176 Å². The highest BCUT2D eigenvalue weighted by atomic mass is 19.1. The maximum atomic E-state index is 14.2. The fourth-order valence-electron chi connectivity index (χ4n) is 3.77. The molecule has 0 aliphatic carbocycles. The lowest BCUT2D eigenvalue weighted by Gasteiger charge is -2.21. The highest BCUT2D eigenvalue weighted by Crippen LogP contribution is 2.36. The molecule has 0 amide bonds. The van der Waals surface area contributed by atoms with E-state index in [-0.39, 0.29) is 17.3 Å². The molecule has 0 unspecified atom stereocenters. The summed E-state index contributed by atoms with van der Waals surface area (Å²) in [5.74, 6) is 0.134. The zero-order chi connectivity index (χ0) is 21.5. The second-order valence-corrected chi connectivity index (χ2v) is 7.13. The number of benzene rings is 1. The van der Waals surface area contributed by atoms with Crippen molar-refractivity contribution >= 4 is 5.82 Å². The van der Waals surface area contributed by atoms with Gasteiger partial charge >= 0.3 is 0 Å². The Bertz CT molecular complexity index is 1360. The number of imidazole rings is 1. The van der Waals surface area contributed by atoms with Gasteiger partial charge < -0.3 is 15.0 Å². The largest absolute Gasteiger partial charge is 0.482 e. The van der Waals surface area contributed by atoms with Crippen molar-refractivity contribution in [1.82, 2.24) is 24.5 Å². The van der Waals surface area contributed by atoms with E-state index in [1.165, 1.54) is 12.1 Å². The second kappa shape index (κ2) is 7.18. The zero-order valence-electron chi connectivity index (χ0n) is 16.5. The zero-order valence-corrected chi connectivity index (χ0v) is 16.5. The normalized spacial score (nSPS) is 14.7. The van der Waals surface area contributed by atoms with Gasteiger partial charge in [0.1, 0.15) is 18.0 Å². The molecule has 5 rings (SSSR count). The first-order valence-electron chi connectivity index (χ1n) is 9.52. The van der Waals surface area contributed by atoms with Gasteiger partial charge in [0, 0.05) is 35.3 Å². The Morgan fingerprint density at radius 1 is 1.19 bits per heavy atom. The van der Waals surface area contributed by atoms with E-state index in [0.29, 0.717) is 46.1 Å². The SMILES string of the molecule is C[C@@H]1Oc2cc(cnc2N)-c2c(C#N)ncn2Cc2nccnc2-c2ccc(F)cc21. The van der Waals surface area contributed by atoms with Gasteiger partial charge in [0.25, 0.3) is 0 Å². The molecule has 2 N–H and O–H groups in total. The summed E-state index contributed by atoms with van der Waals surface area (Å²) in [5.41, 5.74) is 10.0. The van der Waals surface area contributed by atoms with Gasteiger partial charge in [-0.25, -0.2) is 14.4 Å². The molecule has 9 heteroatoms. The average Bonchev–Trinajstić information content (AvgIpc) is 3.17. The third-order valence-electron chi connectivity index (χ3n) is 5.20. The molecule has 31 heavy (non-hydrogen) atoms. The molecule has 4 aromatic rings. The van der Waals surface area contributed by atoms with Gasteiger partial charge in [-0.15, -0.1) is 0 Å². The van der Waals surface area contributed by atoms with Crippen LogP contribution in [-0.2, 0) is 6.54 Å². The van der Waals surface area contributed by atoms with Crippen LogP contribution in [0.2, 0.25) is 0 Å². The first kappa shape index (κ1) is 18.7. The summed E-state index contributed by atoms with van der Waals surface area (Å²) in [4.78, 5) is 17.5. The summed E-state index contributed by atoms with van der Waals surface area (Å²) in [6.07, 6.45) is 5.77. The molecule has 3 aromatic heterocycles. The molecular formula is C22H16FN7O. The van der Waals surface area contributed by atoms with Crippen molar-refractivity contribution in [2.24, 2.45) is 0 Å². The Kier molecular flexibility index (Phi) is 4.33. The van der Waals surface area contributed by atoms with Crippen LogP contribution in [0.15, 0.2) is 49.2 Å². The predicted molar refractivity (Wildman–Crippen MR) is 110 cm³/mol. The average molecular weight is 413 g/mol. The van der Waals surface area contributed by atoms with Crippen molar-refractivity contribution in [3.05, 3.63) is 72.0 Å². The van der Waals surface area contributed by atoms with Crippen LogP contribution in [0.3, 0.4) is 0 Å². The molecule has 152 valence electrons. The summed E-state index contributed by atoms with van der Waals surface area (Å²) in [6, 6.07) is 8.30. The number of aromatic nitrogens is 5. The highest BCUT2D eigenvalue weighted by molar-refractivity contribution is 5.70. The smallest absolute Gasteiger partial charge is 0.166 e. The number of nitriles is 1. The lowest BCUT2D eigenvalue weighted by atomic mass is 9.98. The molecule has 1 aliphatic rings. The van der Waals surface area contributed by atoms with E-state index in [1.54, 1.807) is 48.5 Å². The number of fused-ring (bicyclic) bond motifs is 7. The van der Waals surface area contributed by atoms with Gasteiger partial charge in [-0.05, 0) is 31.2 Å². The van der Waals surface area contributed by atoms with Crippen LogP contribution in [0, 0.1) is 17.1 Å². The van der Waals surface area contributed by atoms with Crippen molar-refractivity contribution in [1.29, 1.82) is 5.26 Å². The van der Waals surface area contributed by atoms with Gasteiger partial charge in [-0.1, -0.05) is 0 Å². The van der Waals surface area contributed by atoms with Crippen LogP contribution < -0.4 is 10.5 Å². The van der Waals surface area contributed by atoms with E-state index in [1.807, 2.05) is 0 Å². The van der Waals surface area contributed by atoms with Crippen molar-refractivity contribution in [3.63, 3.8) is 0 Å². The van der Waals surface area contributed by atoms with Crippen LogP contribution in [0.5, 0.6) is 5.75 Å². The maximum Gasteiger partial charge on any atom is 0.166 e. The highest BCUT2D eigenvalue weighted by Gasteiger charge is 2.23. The number of nitrogen functional groups attached to an aromatic ring is 1. The predicted octanol–water partition coefficient (Wildman–Crippen LogP) is 3.50. The molecule has 1 aromatic carbocycles.